The SMILES string of the molecule is Cn1ncc2c(NCC3(O)CCC(C)(C)CC3)ncnc21. The fourth-order valence-corrected chi connectivity index (χ4v) is 2.92. The third-order valence-corrected chi connectivity index (χ3v) is 4.65. The van der Waals surface area contributed by atoms with Gasteiger partial charge in [0, 0.05) is 13.6 Å². The molecule has 21 heavy (non-hydrogen) atoms. The number of hydrogen-bond donors (Lipinski definition) is 2. The van der Waals surface area contributed by atoms with E-state index < -0.39 is 5.60 Å². The molecule has 0 unspecified atom stereocenters. The summed E-state index contributed by atoms with van der Waals surface area (Å²) in [4.78, 5) is 8.50. The summed E-state index contributed by atoms with van der Waals surface area (Å²) in [5.41, 5.74) is 0.497. The van der Waals surface area contributed by atoms with Gasteiger partial charge in [-0.05, 0) is 31.1 Å². The van der Waals surface area contributed by atoms with E-state index in [1.165, 1.54) is 6.33 Å². The Kier molecular flexibility index (Phi) is 3.36. The number of rotatable bonds is 3. The van der Waals surface area contributed by atoms with E-state index in [4.69, 9.17) is 0 Å². The Morgan fingerprint density at radius 1 is 1.24 bits per heavy atom. The molecule has 1 aliphatic rings. The number of nitrogens with zero attached hydrogens (tertiary/aromatic N) is 4. The fourth-order valence-electron chi connectivity index (χ4n) is 2.92. The Morgan fingerprint density at radius 2 is 1.95 bits per heavy atom. The lowest BCUT2D eigenvalue weighted by atomic mass is 9.71. The van der Waals surface area contributed by atoms with Crippen LogP contribution >= 0.6 is 0 Å². The Morgan fingerprint density at radius 3 is 2.67 bits per heavy atom. The van der Waals surface area contributed by atoms with Crippen molar-refractivity contribution in [3.8, 4) is 0 Å². The van der Waals surface area contributed by atoms with Crippen LogP contribution in [0.4, 0.5) is 5.82 Å². The first-order chi connectivity index (χ1) is 9.89. The van der Waals surface area contributed by atoms with Crippen molar-refractivity contribution < 1.29 is 5.11 Å². The number of aryl methyl sites for hydroxylation is 1. The first kappa shape index (κ1) is 14.3. The Bertz CT molecular complexity index is 639. The highest BCUT2D eigenvalue weighted by Crippen LogP contribution is 2.40. The van der Waals surface area contributed by atoms with Crippen LogP contribution in [0.25, 0.3) is 11.0 Å². The molecule has 0 spiro atoms. The van der Waals surface area contributed by atoms with Crippen molar-refractivity contribution in [3.05, 3.63) is 12.5 Å². The van der Waals surface area contributed by atoms with Crippen LogP contribution in [-0.4, -0.2) is 37.0 Å². The zero-order valence-corrected chi connectivity index (χ0v) is 12.9. The normalized spacial score (nSPS) is 20.6. The zero-order chi connectivity index (χ0) is 15.1. The highest BCUT2D eigenvalue weighted by molar-refractivity contribution is 5.85. The second-order valence-corrected chi connectivity index (χ2v) is 6.97. The van der Waals surface area contributed by atoms with E-state index in [-0.39, 0.29) is 0 Å². The number of aromatic nitrogens is 4. The lowest BCUT2D eigenvalue weighted by Crippen LogP contribution is -2.42. The average molecular weight is 289 g/mol. The molecule has 0 atom stereocenters. The average Bonchev–Trinajstić information content (AvgIpc) is 2.83. The molecule has 2 aromatic rings. The number of aliphatic hydroxyl groups is 1. The molecule has 0 saturated heterocycles. The highest BCUT2D eigenvalue weighted by atomic mass is 16.3. The standard InChI is InChI=1S/C15H23N5O/c1-14(2)4-6-15(21,7-5-14)9-16-12-11-8-19-20(3)13(11)18-10-17-12/h8,10,21H,4-7,9H2,1-3H3,(H,16,17,18). The number of anilines is 1. The molecular weight excluding hydrogens is 266 g/mol. The van der Waals surface area contributed by atoms with Gasteiger partial charge >= 0.3 is 0 Å². The summed E-state index contributed by atoms with van der Waals surface area (Å²) >= 11 is 0. The maximum Gasteiger partial charge on any atom is 0.163 e. The molecule has 0 bridgehead atoms. The second-order valence-electron chi connectivity index (χ2n) is 6.97. The monoisotopic (exact) mass is 289 g/mol. The van der Waals surface area contributed by atoms with E-state index in [1.807, 2.05) is 7.05 Å². The molecule has 0 aliphatic heterocycles. The molecule has 6 heteroatoms. The number of hydrogen-bond acceptors (Lipinski definition) is 5. The molecule has 0 amide bonds. The maximum atomic E-state index is 10.7. The van der Waals surface area contributed by atoms with E-state index in [1.54, 1.807) is 10.9 Å². The molecule has 6 nitrogen and oxygen atoms in total. The van der Waals surface area contributed by atoms with Crippen LogP contribution in [0.2, 0.25) is 0 Å². The minimum Gasteiger partial charge on any atom is -0.388 e. The predicted molar refractivity (Wildman–Crippen MR) is 82.0 cm³/mol. The van der Waals surface area contributed by atoms with Gasteiger partial charge in [-0.25, -0.2) is 9.97 Å². The first-order valence-electron chi connectivity index (χ1n) is 7.48. The van der Waals surface area contributed by atoms with E-state index in [2.05, 4.69) is 34.2 Å². The fraction of sp³-hybridized carbons (Fsp3) is 0.667. The summed E-state index contributed by atoms with van der Waals surface area (Å²) in [6.07, 6.45) is 7.04. The van der Waals surface area contributed by atoms with Crippen LogP contribution < -0.4 is 5.32 Å². The topological polar surface area (TPSA) is 75.9 Å². The van der Waals surface area contributed by atoms with E-state index in [0.29, 0.717) is 12.0 Å². The highest BCUT2D eigenvalue weighted by Gasteiger charge is 2.36. The van der Waals surface area contributed by atoms with E-state index in [9.17, 15) is 5.11 Å². The molecule has 1 fully saturated rings. The molecular formula is C15H23N5O. The summed E-state index contributed by atoms with van der Waals surface area (Å²) in [6, 6.07) is 0. The molecule has 1 aliphatic carbocycles. The van der Waals surface area contributed by atoms with Gasteiger partial charge in [-0.15, -0.1) is 0 Å². The Labute approximate surface area is 124 Å². The van der Waals surface area contributed by atoms with Gasteiger partial charge in [-0.1, -0.05) is 13.8 Å². The van der Waals surface area contributed by atoms with Crippen molar-refractivity contribution in [2.45, 2.75) is 45.1 Å². The minimum absolute atomic E-state index is 0.345. The van der Waals surface area contributed by atoms with Crippen molar-refractivity contribution in [1.29, 1.82) is 0 Å². The van der Waals surface area contributed by atoms with Gasteiger partial charge in [-0.3, -0.25) is 4.68 Å². The number of fused-ring (bicyclic) bond motifs is 1. The van der Waals surface area contributed by atoms with Crippen LogP contribution in [0.5, 0.6) is 0 Å². The van der Waals surface area contributed by atoms with Crippen molar-refractivity contribution in [3.63, 3.8) is 0 Å². The molecule has 0 aromatic carbocycles. The van der Waals surface area contributed by atoms with Crippen molar-refractivity contribution >= 4 is 16.9 Å². The van der Waals surface area contributed by atoms with Gasteiger partial charge < -0.3 is 10.4 Å². The lowest BCUT2D eigenvalue weighted by molar-refractivity contribution is -0.0145. The molecule has 1 saturated carbocycles. The molecule has 2 heterocycles. The van der Waals surface area contributed by atoms with Crippen LogP contribution in [0.1, 0.15) is 39.5 Å². The summed E-state index contributed by atoms with van der Waals surface area (Å²) in [6.45, 7) is 5.05. The van der Waals surface area contributed by atoms with Gasteiger partial charge in [0.25, 0.3) is 0 Å². The van der Waals surface area contributed by atoms with Crippen LogP contribution in [-0.2, 0) is 7.05 Å². The largest absolute Gasteiger partial charge is 0.388 e. The smallest absolute Gasteiger partial charge is 0.163 e. The van der Waals surface area contributed by atoms with Crippen molar-refractivity contribution in [2.75, 3.05) is 11.9 Å². The third kappa shape index (κ3) is 2.85. The third-order valence-electron chi connectivity index (χ3n) is 4.65. The van der Waals surface area contributed by atoms with Crippen LogP contribution in [0, 0.1) is 5.41 Å². The Balaban J connectivity index is 1.72. The minimum atomic E-state index is -0.644. The van der Waals surface area contributed by atoms with Crippen LogP contribution in [0.15, 0.2) is 12.5 Å². The second kappa shape index (κ2) is 4.94. The summed E-state index contributed by atoms with van der Waals surface area (Å²) in [5.74, 6) is 0.742. The lowest BCUT2D eigenvalue weighted by Gasteiger charge is -2.40. The summed E-state index contributed by atoms with van der Waals surface area (Å²) < 4.78 is 1.72. The van der Waals surface area contributed by atoms with Gasteiger partial charge in [0.2, 0.25) is 0 Å². The van der Waals surface area contributed by atoms with E-state index >= 15 is 0 Å². The predicted octanol–water partition coefficient (Wildman–Crippen LogP) is 2.11. The first-order valence-corrected chi connectivity index (χ1v) is 7.48. The van der Waals surface area contributed by atoms with Crippen molar-refractivity contribution in [1.82, 2.24) is 19.7 Å². The molecule has 2 N–H and O–H groups in total. The van der Waals surface area contributed by atoms with Gasteiger partial charge in [0.1, 0.15) is 12.1 Å². The van der Waals surface area contributed by atoms with Gasteiger partial charge in [0.15, 0.2) is 5.65 Å². The Hall–Kier alpha value is -1.69. The quantitative estimate of drug-likeness (QED) is 0.905. The number of nitrogens with one attached hydrogen (secondary N) is 1. The van der Waals surface area contributed by atoms with Gasteiger partial charge in [0.05, 0.1) is 17.2 Å². The maximum absolute atomic E-state index is 10.7. The van der Waals surface area contributed by atoms with Crippen molar-refractivity contribution in [2.24, 2.45) is 12.5 Å². The summed E-state index contributed by atoms with van der Waals surface area (Å²) in [7, 11) is 1.86. The van der Waals surface area contributed by atoms with Crippen LogP contribution in [0.3, 0.4) is 0 Å². The molecule has 2 aromatic heterocycles. The molecule has 3 rings (SSSR count). The molecule has 114 valence electrons. The zero-order valence-electron chi connectivity index (χ0n) is 12.9. The molecule has 0 radical (unpaired) electrons. The summed E-state index contributed by atoms with van der Waals surface area (Å²) in [5, 5.41) is 19.1. The van der Waals surface area contributed by atoms with E-state index in [0.717, 1.165) is 42.5 Å². The van der Waals surface area contributed by atoms with Gasteiger partial charge in [-0.2, -0.15) is 5.10 Å².